The highest BCUT2D eigenvalue weighted by Crippen LogP contribution is 2.41. The van der Waals surface area contributed by atoms with E-state index in [0.717, 1.165) is 44.5 Å². The van der Waals surface area contributed by atoms with E-state index in [2.05, 4.69) is 18.9 Å². The molecule has 0 bridgehead atoms. The zero-order valence-electron chi connectivity index (χ0n) is 15.9. The van der Waals surface area contributed by atoms with E-state index in [1.165, 1.54) is 0 Å². The molecule has 0 N–H and O–H groups in total. The van der Waals surface area contributed by atoms with Gasteiger partial charge in [-0.15, -0.1) is 0 Å². The van der Waals surface area contributed by atoms with Gasteiger partial charge in [0.25, 0.3) is 0 Å². The van der Waals surface area contributed by atoms with Gasteiger partial charge < -0.3 is 9.80 Å². The molecular weight excluding hydrogens is 316 g/mol. The van der Waals surface area contributed by atoms with Crippen LogP contribution in [0.25, 0.3) is 0 Å². The number of likely N-dealkylation sites (tertiary alicyclic amines) is 2. The highest BCUT2D eigenvalue weighted by Gasteiger charge is 2.42. The van der Waals surface area contributed by atoms with Gasteiger partial charge in [0.2, 0.25) is 11.8 Å². The van der Waals surface area contributed by atoms with Gasteiger partial charge in [0.15, 0.2) is 0 Å². The summed E-state index contributed by atoms with van der Waals surface area (Å²) in [6, 6.07) is -0.00439. The summed E-state index contributed by atoms with van der Waals surface area (Å²) in [5.41, 5.74) is 1.26. The van der Waals surface area contributed by atoms with Crippen LogP contribution in [-0.2, 0) is 9.59 Å². The highest BCUT2D eigenvalue weighted by molar-refractivity contribution is 5.80. The second-order valence-electron chi connectivity index (χ2n) is 8.11. The molecule has 3 rings (SSSR count). The average molecular weight is 346 g/mol. The van der Waals surface area contributed by atoms with Gasteiger partial charge in [-0.05, 0) is 57.9 Å². The van der Waals surface area contributed by atoms with Crippen LogP contribution >= 0.6 is 0 Å². The fraction of sp³-hybridized carbons (Fsp3) is 0.737. The minimum absolute atomic E-state index is 0.144. The topological polar surface area (TPSA) is 58.4 Å². The molecule has 0 unspecified atom stereocenters. The lowest BCUT2D eigenvalue weighted by Crippen LogP contribution is -2.54. The molecule has 0 aromatic carbocycles. The van der Waals surface area contributed by atoms with Crippen molar-refractivity contribution in [3.05, 3.63) is 18.0 Å². The SMILES string of the molecule is Cc1cnn([C@@H](C)C(=O)N2CCC3(CCC(=O)N(C(C)C)C3)CC2)c1. The Morgan fingerprint density at radius 1 is 1.20 bits per heavy atom. The Kier molecular flexibility index (Phi) is 4.89. The number of carbonyl (C=O) groups excluding carboxylic acids is 2. The lowest BCUT2D eigenvalue weighted by atomic mass is 9.72. The maximum atomic E-state index is 12.8. The second kappa shape index (κ2) is 6.81. The van der Waals surface area contributed by atoms with E-state index in [4.69, 9.17) is 0 Å². The van der Waals surface area contributed by atoms with E-state index in [-0.39, 0.29) is 29.3 Å². The first-order valence-electron chi connectivity index (χ1n) is 9.40. The molecule has 6 nitrogen and oxygen atoms in total. The van der Waals surface area contributed by atoms with Gasteiger partial charge in [-0.2, -0.15) is 5.10 Å². The lowest BCUT2D eigenvalue weighted by Gasteiger charge is -2.48. The molecule has 25 heavy (non-hydrogen) atoms. The van der Waals surface area contributed by atoms with Crippen LogP contribution in [-0.4, -0.2) is 57.1 Å². The summed E-state index contributed by atoms with van der Waals surface area (Å²) in [5, 5.41) is 4.28. The van der Waals surface area contributed by atoms with Crippen LogP contribution in [0.5, 0.6) is 0 Å². The molecule has 2 aliphatic rings. The van der Waals surface area contributed by atoms with Crippen molar-refractivity contribution in [1.82, 2.24) is 19.6 Å². The monoisotopic (exact) mass is 346 g/mol. The van der Waals surface area contributed by atoms with E-state index >= 15 is 0 Å². The maximum absolute atomic E-state index is 12.8. The standard InChI is InChI=1S/C19H30N4O2/c1-14(2)22-13-19(6-5-17(22)24)7-9-21(10-8-19)18(25)16(4)23-12-15(3)11-20-23/h11-12,14,16H,5-10,13H2,1-4H3/t16-/m0/s1. The van der Waals surface area contributed by atoms with Gasteiger partial charge in [0.1, 0.15) is 6.04 Å². The highest BCUT2D eigenvalue weighted by atomic mass is 16.2. The first-order chi connectivity index (χ1) is 11.8. The summed E-state index contributed by atoms with van der Waals surface area (Å²) < 4.78 is 1.75. The second-order valence-corrected chi connectivity index (χ2v) is 8.11. The number of rotatable bonds is 3. The van der Waals surface area contributed by atoms with Gasteiger partial charge in [0, 0.05) is 38.3 Å². The van der Waals surface area contributed by atoms with E-state index in [1.807, 2.05) is 29.8 Å². The molecule has 1 spiro atoms. The number of hydrogen-bond acceptors (Lipinski definition) is 3. The Labute approximate surface area is 150 Å². The molecule has 1 aromatic rings. The third-order valence-electron chi connectivity index (χ3n) is 5.94. The number of piperidine rings is 2. The minimum Gasteiger partial charge on any atom is -0.341 e. The normalized spacial score (nSPS) is 21.9. The Balaban J connectivity index is 1.61. The molecule has 138 valence electrons. The summed E-state index contributed by atoms with van der Waals surface area (Å²) in [6.45, 7) is 10.5. The number of aryl methyl sites for hydroxylation is 1. The molecule has 2 saturated heterocycles. The van der Waals surface area contributed by atoms with Crippen LogP contribution in [0.1, 0.15) is 58.1 Å². The van der Waals surface area contributed by atoms with Crippen LogP contribution < -0.4 is 0 Å². The maximum Gasteiger partial charge on any atom is 0.247 e. The number of aromatic nitrogens is 2. The average Bonchev–Trinajstić information content (AvgIpc) is 3.03. The van der Waals surface area contributed by atoms with Crippen LogP contribution in [0, 0.1) is 12.3 Å². The minimum atomic E-state index is -0.261. The zero-order valence-corrected chi connectivity index (χ0v) is 15.9. The van der Waals surface area contributed by atoms with Crippen molar-refractivity contribution < 1.29 is 9.59 Å². The first-order valence-corrected chi connectivity index (χ1v) is 9.40. The Hall–Kier alpha value is -1.85. The Morgan fingerprint density at radius 3 is 2.44 bits per heavy atom. The molecule has 6 heteroatoms. The Morgan fingerprint density at radius 2 is 1.88 bits per heavy atom. The molecule has 1 atom stereocenters. The zero-order chi connectivity index (χ0) is 18.2. The molecular formula is C19H30N4O2. The fourth-order valence-corrected chi connectivity index (χ4v) is 4.15. The van der Waals surface area contributed by atoms with Crippen LogP contribution in [0.4, 0.5) is 0 Å². The van der Waals surface area contributed by atoms with Gasteiger partial charge in [-0.25, -0.2) is 0 Å². The number of nitrogens with zero attached hydrogens (tertiary/aromatic N) is 4. The molecule has 0 radical (unpaired) electrons. The van der Waals surface area contributed by atoms with Crippen molar-refractivity contribution in [2.24, 2.45) is 5.41 Å². The van der Waals surface area contributed by atoms with E-state index in [0.29, 0.717) is 6.42 Å². The van der Waals surface area contributed by atoms with Crippen LogP contribution in [0.3, 0.4) is 0 Å². The molecule has 2 fully saturated rings. The van der Waals surface area contributed by atoms with E-state index < -0.39 is 0 Å². The molecule has 0 saturated carbocycles. The number of carbonyl (C=O) groups is 2. The van der Waals surface area contributed by atoms with Crippen LogP contribution in [0.2, 0.25) is 0 Å². The summed E-state index contributed by atoms with van der Waals surface area (Å²) in [5.74, 6) is 0.423. The predicted molar refractivity (Wildman–Crippen MR) is 96.0 cm³/mol. The summed E-state index contributed by atoms with van der Waals surface area (Å²) >= 11 is 0. The largest absolute Gasteiger partial charge is 0.341 e. The third-order valence-corrected chi connectivity index (χ3v) is 5.94. The third kappa shape index (κ3) is 3.58. The molecule has 2 aliphatic heterocycles. The van der Waals surface area contributed by atoms with Crippen molar-refractivity contribution in [3.63, 3.8) is 0 Å². The van der Waals surface area contributed by atoms with E-state index in [9.17, 15) is 9.59 Å². The van der Waals surface area contributed by atoms with Crippen molar-refractivity contribution in [2.45, 2.75) is 65.5 Å². The molecule has 0 aliphatic carbocycles. The van der Waals surface area contributed by atoms with Crippen molar-refractivity contribution in [3.8, 4) is 0 Å². The number of amides is 2. The van der Waals surface area contributed by atoms with Gasteiger partial charge in [-0.3, -0.25) is 14.3 Å². The fourth-order valence-electron chi connectivity index (χ4n) is 4.15. The van der Waals surface area contributed by atoms with Crippen LogP contribution in [0.15, 0.2) is 12.4 Å². The lowest BCUT2D eigenvalue weighted by molar-refractivity contribution is -0.145. The smallest absolute Gasteiger partial charge is 0.247 e. The van der Waals surface area contributed by atoms with Crippen molar-refractivity contribution >= 4 is 11.8 Å². The van der Waals surface area contributed by atoms with Crippen molar-refractivity contribution in [2.75, 3.05) is 19.6 Å². The van der Waals surface area contributed by atoms with Gasteiger partial charge in [0.05, 0.1) is 6.20 Å². The quantitative estimate of drug-likeness (QED) is 0.844. The summed E-state index contributed by atoms with van der Waals surface area (Å²) in [7, 11) is 0. The Bertz CT molecular complexity index is 644. The van der Waals surface area contributed by atoms with Gasteiger partial charge >= 0.3 is 0 Å². The summed E-state index contributed by atoms with van der Waals surface area (Å²) in [6.07, 6.45) is 7.29. The predicted octanol–water partition coefficient (Wildman–Crippen LogP) is 2.39. The van der Waals surface area contributed by atoms with Gasteiger partial charge in [-0.1, -0.05) is 0 Å². The molecule has 3 heterocycles. The van der Waals surface area contributed by atoms with Crippen molar-refractivity contribution in [1.29, 1.82) is 0 Å². The summed E-state index contributed by atoms with van der Waals surface area (Å²) in [4.78, 5) is 28.9. The van der Waals surface area contributed by atoms with E-state index in [1.54, 1.807) is 10.9 Å². The molecule has 1 aromatic heterocycles. The number of hydrogen-bond donors (Lipinski definition) is 0. The first kappa shape index (κ1) is 18.0. The molecule has 2 amide bonds.